The molecule has 4 heteroatoms. The normalized spacial score (nSPS) is 28.2. The number of rotatable bonds is 4. The van der Waals surface area contributed by atoms with Crippen molar-refractivity contribution >= 4 is 0 Å². The Morgan fingerprint density at radius 2 is 2.00 bits per heavy atom. The van der Waals surface area contributed by atoms with Gasteiger partial charge in [0.1, 0.15) is 6.10 Å². The van der Waals surface area contributed by atoms with Crippen molar-refractivity contribution in [2.45, 2.75) is 51.9 Å². The minimum atomic E-state index is -0.418. The molecule has 13 heavy (non-hydrogen) atoms. The lowest BCUT2D eigenvalue weighted by atomic mass is 10.2. The summed E-state index contributed by atoms with van der Waals surface area (Å²) in [5.74, 6) is 0. The Morgan fingerprint density at radius 3 is 2.38 bits per heavy atom. The molecule has 0 N–H and O–H groups in total. The van der Waals surface area contributed by atoms with Crippen LogP contribution in [0.2, 0.25) is 0 Å². The Kier molecular flexibility index (Phi) is 3.29. The lowest BCUT2D eigenvalue weighted by molar-refractivity contribution is -0.410. The average molecular weight is 188 g/mol. The molecule has 0 spiro atoms. The van der Waals surface area contributed by atoms with Crippen LogP contribution in [0.4, 0.5) is 0 Å². The molecular formula is C9H18NO3. The maximum atomic E-state index is 11.2. The molecule has 0 aliphatic carbocycles. The fraction of sp³-hybridized carbons (Fsp3) is 1.00. The Bertz CT molecular complexity index is 167. The standard InChI is InChI=1S/C9H18NO3/c1-5-7-8(12-7)6-10(11)13-9(2,3)4/h7-8H,5-6H2,1-4H3. The first-order valence-electron chi connectivity index (χ1n) is 4.71. The monoisotopic (exact) mass is 188 g/mol. The summed E-state index contributed by atoms with van der Waals surface area (Å²) in [6.07, 6.45) is 1.30. The van der Waals surface area contributed by atoms with Crippen LogP contribution in [0.1, 0.15) is 34.1 Å². The molecule has 1 fully saturated rings. The van der Waals surface area contributed by atoms with Gasteiger partial charge in [0.15, 0.2) is 0 Å². The highest BCUT2D eigenvalue weighted by molar-refractivity contribution is 4.83. The smallest absolute Gasteiger partial charge is 0.102 e. The number of hydroxylamine groups is 2. The molecule has 0 saturated carbocycles. The molecule has 0 aromatic rings. The third-order valence-electron chi connectivity index (χ3n) is 1.79. The van der Waals surface area contributed by atoms with Gasteiger partial charge in [-0.3, -0.25) is 4.84 Å². The summed E-state index contributed by atoms with van der Waals surface area (Å²) in [6.45, 7) is 7.91. The molecule has 1 aliphatic heterocycles. The predicted molar refractivity (Wildman–Crippen MR) is 47.2 cm³/mol. The van der Waals surface area contributed by atoms with Gasteiger partial charge >= 0.3 is 0 Å². The van der Waals surface area contributed by atoms with Crippen molar-refractivity contribution in [1.82, 2.24) is 5.23 Å². The van der Waals surface area contributed by atoms with Crippen LogP contribution >= 0.6 is 0 Å². The van der Waals surface area contributed by atoms with Crippen molar-refractivity contribution in [3.05, 3.63) is 0 Å². The largest absolute Gasteiger partial charge is 0.368 e. The second-order valence-electron chi connectivity index (χ2n) is 4.34. The van der Waals surface area contributed by atoms with E-state index in [1.54, 1.807) is 0 Å². The summed E-state index contributed by atoms with van der Waals surface area (Å²) in [4.78, 5) is 5.08. The summed E-state index contributed by atoms with van der Waals surface area (Å²) in [7, 11) is 0. The first-order valence-corrected chi connectivity index (χ1v) is 4.71. The summed E-state index contributed by atoms with van der Waals surface area (Å²) in [6, 6.07) is 0. The molecule has 1 aliphatic rings. The molecule has 0 aromatic carbocycles. The third kappa shape index (κ3) is 4.04. The van der Waals surface area contributed by atoms with Crippen molar-refractivity contribution in [2.24, 2.45) is 0 Å². The minimum Gasteiger partial charge on any atom is -0.368 e. The summed E-state index contributed by atoms with van der Waals surface area (Å²) >= 11 is 0. The van der Waals surface area contributed by atoms with Gasteiger partial charge in [0.05, 0.1) is 18.2 Å². The number of epoxide rings is 1. The van der Waals surface area contributed by atoms with E-state index in [0.717, 1.165) is 6.42 Å². The van der Waals surface area contributed by atoms with E-state index in [0.29, 0.717) is 11.8 Å². The van der Waals surface area contributed by atoms with Crippen LogP contribution < -0.4 is 0 Å². The molecule has 77 valence electrons. The molecule has 1 heterocycles. The van der Waals surface area contributed by atoms with E-state index in [1.807, 2.05) is 27.7 Å². The van der Waals surface area contributed by atoms with Gasteiger partial charge in [-0.05, 0) is 32.4 Å². The zero-order chi connectivity index (χ0) is 10.1. The zero-order valence-corrected chi connectivity index (χ0v) is 8.74. The van der Waals surface area contributed by atoms with Gasteiger partial charge in [-0.2, -0.15) is 0 Å². The van der Waals surface area contributed by atoms with Crippen molar-refractivity contribution in [1.29, 1.82) is 0 Å². The summed E-state index contributed by atoms with van der Waals surface area (Å²) in [5, 5.41) is 11.8. The quantitative estimate of drug-likeness (QED) is 0.496. The number of hydrogen-bond acceptors (Lipinski definition) is 3. The van der Waals surface area contributed by atoms with Crippen LogP contribution in [0.15, 0.2) is 0 Å². The van der Waals surface area contributed by atoms with E-state index in [2.05, 4.69) is 0 Å². The highest BCUT2D eigenvalue weighted by Crippen LogP contribution is 2.26. The Labute approximate surface area is 79.3 Å². The minimum absolute atomic E-state index is 0.0739. The van der Waals surface area contributed by atoms with Gasteiger partial charge in [0.25, 0.3) is 0 Å². The summed E-state index contributed by atoms with van der Waals surface area (Å²) < 4.78 is 5.23. The molecule has 2 unspecified atom stereocenters. The van der Waals surface area contributed by atoms with Crippen molar-refractivity contribution in [3.8, 4) is 0 Å². The van der Waals surface area contributed by atoms with Gasteiger partial charge in [-0.15, -0.1) is 0 Å². The first kappa shape index (κ1) is 10.9. The van der Waals surface area contributed by atoms with Crippen LogP contribution in [0.3, 0.4) is 0 Å². The molecule has 0 aromatic heterocycles. The fourth-order valence-corrected chi connectivity index (χ4v) is 1.19. The number of nitrogens with zero attached hydrogens (tertiary/aromatic N) is 1. The molecule has 1 saturated heterocycles. The Balaban J connectivity index is 2.16. The van der Waals surface area contributed by atoms with Gasteiger partial charge in [0, 0.05) is 0 Å². The molecule has 2 atom stereocenters. The SMILES string of the molecule is CCC1OC1CN([O])OC(C)(C)C. The average Bonchev–Trinajstić information content (AvgIpc) is 2.62. The fourth-order valence-electron chi connectivity index (χ4n) is 1.19. The van der Waals surface area contributed by atoms with Crippen LogP contribution in [-0.2, 0) is 14.8 Å². The lowest BCUT2D eigenvalue weighted by Crippen LogP contribution is -2.33. The lowest BCUT2D eigenvalue weighted by Gasteiger charge is -2.22. The molecular weight excluding hydrogens is 170 g/mol. The molecule has 1 radical (unpaired) electrons. The Morgan fingerprint density at radius 1 is 1.38 bits per heavy atom. The van der Waals surface area contributed by atoms with Crippen LogP contribution in [-0.4, -0.2) is 29.6 Å². The maximum absolute atomic E-state index is 11.2. The van der Waals surface area contributed by atoms with E-state index < -0.39 is 5.60 Å². The highest BCUT2D eigenvalue weighted by Gasteiger charge is 2.39. The van der Waals surface area contributed by atoms with Gasteiger partial charge < -0.3 is 4.74 Å². The topological polar surface area (TPSA) is 44.9 Å². The van der Waals surface area contributed by atoms with Crippen molar-refractivity contribution in [3.63, 3.8) is 0 Å². The van der Waals surface area contributed by atoms with Crippen molar-refractivity contribution in [2.75, 3.05) is 6.54 Å². The number of hydrogen-bond donors (Lipinski definition) is 0. The van der Waals surface area contributed by atoms with Gasteiger partial charge in [-0.25, -0.2) is 0 Å². The highest BCUT2D eigenvalue weighted by atomic mass is 16.9. The first-order chi connectivity index (χ1) is 5.92. The van der Waals surface area contributed by atoms with E-state index in [1.165, 1.54) is 0 Å². The van der Waals surface area contributed by atoms with Crippen LogP contribution in [0.5, 0.6) is 0 Å². The second-order valence-corrected chi connectivity index (χ2v) is 4.34. The molecule has 0 amide bonds. The predicted octanol–water partition coefficient (Wildman–Crippen LogP) is 1.54. The maximum Gasteiger partial charge on any atom is 0.102 e. The second kappa shape index (κ2) is 3.92. The van der Waals surface area contributed by atoms with E-state index in [-0.39, 0.29) is 12.2 Å². The molecule has 4 nitrogen and oxygen atoms in total. The van der Waals surface area contributed by atoms with Crippen LogP contribution in [0, 0.1) is 0 Å². The Hall–Kier alpha value is -0.160. The third-order valence-corrected chi connectivity index (χ3v) is 1.79. The van der Waals surface area contributed by atoms with Gasteiger partial charge in [-0.1, -0.05) is 12.1 Å². The zero-order valence-electron chi connectivity index (χ0n) is 8.74. The van der Waals surface area contributed by atoms with E-state index in [4.69, 9.17) is 9.57 Å². The molecule has 1 rings (SSSR count). The van der Waals surface area contributed by atoms with Gasteiger partial charge in [0.2, 0.25) is 0 Å². The van der Waals surface area contributed by atoms with E-state index in [9.17, 15) is 5.21 Å². The number of ether oxygens (including phenoxy) is 1. The van der Waals surface area contributed by atoms with Crippen LogP contribution in [0.25, 0.3) is 0 Å². The van der Waals surface area contributed by atoms with E-state index >= 15 is 0 Å². The molecule has 0 bridgehead atoms. The summed E-state index contributed by atoms with van der Waals surface area (Å²) in [5.41, 5.74) is -0.418. The van der Waals surface area contributed by atoms with Crippen molar-refractivity contribution < 1.29 is 14.8 Å².